The van der Waals surface area contributed by atoms with E-state index in [1.165, 1.54) is 0 Å². The largest absolute Gasteiger partial charge is 0.314 e. The first-order chi connectivity index (χ1) is 9.90. The molecule has 1 aliphatic rings. The maximum atomic E-state index is 13.1. The Labute approximate surface area is 133 Å². The average molecular weight is 356 g/mol. The lowest BCUT2D eigenvalue weighted by molar-refractivity contribution is 0.245. The van der Waals surface area contributed by atoms with Crippen LogP contribution in [0.25, 0.3) is 0 Å². The molecule has 1 heterocycles. The number of benzene rings is 1. The number of nitrogens with one attached hydrogen (secondary N) is 2. The van der Waals surface area contributed by atoms with Crippen molar-refractivity contribution in [1.82, 2.24) is 14.9 Å². The lowest BCUT2D eigenvalue weighted by Crippen LogP contribution is -2.46. The van der Waals surface area contributed by atoms with E-state index in [9.17, 15) is 12.8 Å². The molecule has 0 unspecified atom stereocenters. The molecule has 1 saturated heterocycles. The Morgan fingerprint density at radius 1 is 1.24 bits per heavy atom. The molecule has 118 valence electrons. The zero-order valence-electron chi connectivity index (χ0n) is 11.2. The minimum Gasteiger partial charge on any atom is -0.314 e. The van der Waals surface area contributed by atoms with Crippen molar-refractivity contribution in [2.24, 2.45) is 0 Å². The normalized spacial score (nSPS) is 17.1. The summed E-state index contributed by atoms with van der Waals surface area (Å²) >= 11 is 11.6. The fourth-order valence-electron chi connectivity index (χ4n) is 2.13. The highest BCUT2D eigenvalue weighted by atomic mass is 35.5. The maximum Gasteiger partial charge on any atom is 0.243 e. The molecule has 0 saturated carbocycles. The number of halogens is 3. The van der Waals surface area contributed by atoms with Crippen molar-refractivity contribution in [3.63, 3.8) is 0 Å². The zero-order valence-corrected chi connectivity index (χ0v) is 13.5. The van der Waals surface area contributed by atoms with Crippen molar-refractivity contribution in [2.45, 2.75) is 4.90 Å². The quantitative estimate of drug-likeness (QED) is 0.836. The molecule has 0 aromatic heterocycles. The van der Waals surface area contributed by atoms with E-state index < -0.39 is 15.8 Å². The van der Waals surface area contributed by atoms with Crippen LogP contribution in [-0.4, -0.2) is 52.6 Å². The van der Waals surface area contributed by atoms with Crippen molar-refractivity contribution in [3.05, 3.63) is 28.0 Å². The summed E-state index contributed by atoms with van der Waals surface area (Å²) in [5.41, 5.74) is 0. The Morgan fingerprint density at radius 3 is 2.38 bits per heavy atom. The molecular formula is C12H16Cl2FN3O2S. The second kappa shape index (κ2) is 7.21. The van der Waals surface area contributed by atoms with Gasteiger partial charge in [-0.2, -0.15) is 0 Å². The van der Waals surface area contributed by atoms with Gasteiger partial charge in [0, 0.05) is 39.3 Å². The van der Waals surface area contributed by atoms with Gasteiger partial charge in [0.05, 0.1) is 10.0 Å². The Balaban J connectivity index is 2.01. The van der Waals surface area contributed by atoms with E-state index in [1.807, 2.05) is 0 Å². The lowest BCUT2D eigenvalue weighted by atomic mass is 10.3. The number of hydrogen-bond donors (Lipinski definition) is 2. The van der Waals surface area contributed by atoms with E-state index in [4.69, 9.17) is 23.2 Å². The van der Waals surface area contributed by atoms with Crippen LogP contribution in [-0.2, 0) is 10.0 Å². The molecular weight excluding hydrogens is 340 g/mol. The third-order valence-electron chi connectivity index (χ3n) is 3.16. The highest BCUT2D eigenvalue weighted by molar-refractivity contribution is 7.89. The molecule has 5 nitrogen and oxygen atoms in total. The van der Waals surface area contributed by atoms with Crippen LogP contribution in [0.2, 0.25) is 10.0 Å². The van der Waals surface area contributed by atoms with Crippen molar-refractivity contribution in [3.8, 4) is 0 Å². The molecule has 2 N–H and O–H groups in total. The van der Waals surface area contributed by atoms with Gasteiger partial charge in [0.2, 0.25) is 10.0 Å². The first kappa shape index (κ1) is 16.9. The number of hydrogen-bond acceptors (Lipinski definition) is 4. The standard InChI is InChI=1S/C12H16Cl2FN3O2S/c13-10-7-9(15)8-11(14)12(10)21(19,20)17-3-6-18-4-1-16-2-5-18/h7-8,16-17H,1-6H2. The van der Waals surface area contributed by atoms with Crippen LogP contribution < -0.4 is 10.0 Å². The molecule has 1 aromatic rings. The lowest BCUT2D eigenvalue weighted by Gasteiger charge is -2.27. The van der Waals surface area contributed by atoms with Gasteiger partial charge in [-0.05, 0) is 12.1 Å². The van der Waals surface area contributed by atoms with E-state index in [-0.39, 0.29) is 21.5 Å². The average Bonchev–Trinajstić information content (AvgIpc) is 2.38. The van der Waals surface area contributed by atoms with E-state index in [0.717, 1.165) is 38.3 Å². The van der Waals surface area contributed by atoms with Gasteiger partial charge in [-0.15, -0.1) is 0 Å². The van der Waals surface area contributed by atoms with E-state index in [0.29, 0.717) is 6.54 Å². The summed E-state index contributed by atoms with van der Waals surface area (Å²) in [6.45, 7) is 4.37. The van der Waals surface area contributed by atoms with Crippen LogP contribution >= 0.6 is 23.2 Å². The summed E-state index contributed by atoms with van der Waals surface area (Å²) in [7, 11) is -3.86. The van der Waals surface area contributed by atoms with Gasteiger partial charge in [0.15, 0.2) is 0 Å². The van der Waals surface area contributed by atoms with Crippen LogP contribution in [0, 0.1) is 5.82 Å². The SMILES string of the molecule is O=S(=O)(NCCN1CCNCC1)c1c(Cl)cc(F)cc1Cl. The zero-order chi connectivity index (χ0) is 15.5. The van der Waals surface area contributed by atoms with Gasteiger partial charge in [-0.1, -0.05) is 23.2 Å². The van der Waals surface area contributed by atoms with Gasteiger partial charge in [-0.3, -0.25) is 4.90 Å². The van der Waals surface area contributed by atoms with Gasteiger partial charge < -0.3 is 5.32 Å². The molecule has 21 heavy (non-hydrogen) atoms. The predicted octanol–water partition coefficient (Wildman–Crippen LogP) is 1.32. The molecule has 2 rings (SSSR count). The topological polar surface area (TPSA) is 61.4 Å². The minimum atomic E-state index is -3.86. The summed E-state index contributed by atoms with van der Waals surface area (Å²) in [4.78, 5) is 1.86. The van der Waals surface area contributed by atoms with Crippen molar-refractivity contribution >= 4 is 33.2 Å². The van der Waals surface area contributed by atoms with Gasteiger partial charge in [-0.25, -0.2) is 17.5 Å². The van der Waals surface area contributed by atoms with E-state index in [2.05, 4.69) is 14.9 Å². The van der Waals surface area contributed by atoms with Crippen LogP contribution in [0.15, 0.2) is 17.0 Å². The molecule has 1 fully saturated rings. The first-order valence-electron chi connectivity index (χ1n) is 6.47. The Morgan fingerprint density at radius 2 is 1.81 bits per heavy atom. The second-order valence-electron chi connectivity index (χ2n) is 4.69. The Bertz CT molecular complexity index is 584. The molecule has 9 heteroatoms. The molecule has 0 spiro atoms. The molecule has 1 aliphatic heterocycles. The monoisotopic (exact) mass is 355 g/mol. The Kier molecular flexibility index (Phi) is 5.81. The number of nitrogens with zero attached hydrogens (tertiary/aromatic N) is 1. The van der Waals surface area contributed by atoms with Crippen LogP contribution in [0.5, 0.6) is 0 Å². The summed E-state index contributed by atoms with van der Waals surface area (Å²) in [6, 6.07) is 1.86. The van der Waals surface area contributed by atoms with Crippen molar-refractivity contribution in [2.75, 3.05) is 39.3 Å². The van der Waals surface area contributed by atoms with E-state index in [1.54, 1.807) is 0 Å². The highest BCUT2D eigenvalue weighted by Crippen LogP contribution is 2.30. The fourth-order valence-corrected chi connectivity index (χ4v) is 4.34. The van der Waals surface area contributed by atoms with Crippen LogP contribution in [0.4, 0.5) is 4.39 Å². The Hall–Kier alpha value is -0.440. The summed E-state index contributed by atoms with van der Waals surface area (Å²) in [5, 5.41) is 2.76. The number of rotatable bonds is 5. The molecule has 0 atom stereocenters. The minimum absolute atomic E-state index is 0.227. The molecule has 0 aliphatic carbocycles. The summed E-state index contributed by atoms with van der Waals surface area (Å²) in [5.74, 6) is -0.676. The van der Waals surface area contributed by atoms with Gasteiger partial charge in [0.1, 0.15) is 10.7 Å². The fraction of sp³-hybridized carbons (Fsp3) is 0.500. The summed E-state index contributed by atoms with van der Waals surface area (Å²) in [6.07, 6.45) is 0. The summed E-state index contributed by atoms with van der Waals surface area (Å²) < 4.78 is 39.9. The highest BCUT2D eigenvalue weighted by Gasteiger charge is 2.22. The number of piperazine rings is 1. The second-order valence-corrected chi connectivity index (χ2v) is 7.21. The predicted molar refractivity (Wildman–Crippen MR) is 80.9 cm³/mol. The van der Waals surface area contributed by atoms with Crippen molar-refractivity contribution < 1.29 is 12.8 Å². The molecule has 1 aromatic carbocycles. The first-order valence-corrected chi connectivity index (χ1v) is 8.71. The van der Waals surface area contributed by atoms with Gasteiger partial charge >= 0.3 is 0 Å². The van der Waals surface area contributed by atoms with Crippen LogP contribution in [0.1, 0.15) is 0 Å². The number of sulfonamides is 1. The smallest absolute Gasteiger partial charge is 0.243 e. The third kappa shape index (κ3) is 4.51. The molecule has 0 bridgehead atoms. The molecule has 0 amide bonds. The van der Waals surface area contributed by atoms with Gasteiger partial charge in [0.25, 0.3) is 0 Å². The van der Waals surface area contributed by atoms with Crippen molar-refractivity contribution in [1.29, 1.82) is 0 Å². The van der Waals surface area contributed by atoms with Crippen LogP contribution in [0.3, 0.4) is 0 Å². The van der Waals surface area contributed by atoms with E-state index >= 15 is 0 Å². The molecule has 0 radical (unpaired) electrons. The maximum absolute atomic E-state index is 13.1. The third-order valence-corrected chi connectivity index (χ3v) is 5.54.